The standard InChI is InChI=1S/C58H113NO15/c1-3-5-7-9-11-13-15-17-19-20-21-22-23-24-26-28-30-32-34-36-38-40-46(63)56(70)59-44(49(64)45(62)39-37-35-33-31-29-27-25-18-16-14-12-10-8-6-4-2)43-71-58-55(53(68)51(66)48(42-61)73-58)74-57-54(69)52(67)50(65)47(41-60)72-57/h44-55,57-58,60-69H,3-43H2,1-2H3,(H,59,70)/t44-,45+,46+,47+,48+,49-,50+,51-,52-,53-,54+,55+,57+,58-/m0/s1. The molecular weight excluding hydrogens is 951 g/mol. The molecule has 2 heterocycles. The normalized spacial score (nSPS) is 26.0. The Bertz CT molecular complexity index is 1290. The summed E-state index contributed by atoms with van der Waals surface area (Å²) >= 11 is 0. The van der Waals surface area contributed by atoms with Crippen molar-refractivity contribution >= 4 is 5.91 Å². The van der Waals surface area contributed by atoms with Crippen LogP contribution in [0, 0.1) is 0 Å². The van der Waals surface area contributed by atoms with E-state index in [-0.39, 0.29) is 12.8 Å². The highest BCUT2D eigenvalue weighted by atomic mass is 16.8. The van der Waals surface area contributed by atoms with Gasteiger partial charge in [0.25, 0.3) is 0 Å². The van der Waals surface area contributed by atoms with E-state index in [1.807, 2.05) is 0 Å². The van der Waals surface area contributed by atoms with E-state index < -0.39 is 111 Å². The monoisotopic (exact) mass is 1060 g/mol. The zero-order chi connectivity index (χ0) is 54.2. The van der Waals surface area contributed by atoms with E-state index >= 15 is 0 Å². The Morgan fingerprint density at radius 1 is 0.446 bits per heavy atom. The van der Waals surface area contributed by atoms with Crippen LogP contribution in [0.5, 0.6) is 0 Å². The van der Waals surface area contributed by atoms with Crippen LogP contribution < -0.4 is 5.32 Å². The third-order valence-electron chi connectivity index (χ3n) is 15.5. The first-order chi connectivity index (χ1) is 35.9. The molecule has 0 bridgehead atoms. The second-order valence-electron chi connectivity index (χ2n) is 22.1. The molecule has 0 aliphatic carbocycles. The third-order valence-corrected chi connectivity index (χ3v) is 15.5. The van der Waals surface area contributed by atoms with Crippen molar-refractivity contribution in [1.29, 1.82) is 0 Å². The molecule has 0 aromatic carbocycles. The molecule has 74 heavy (non-hydrogen) atoms. The summed E-state index contributed by atoms with van der Waals surface area (Å²) in [5.74, 6) is -0.771. The fourth-order valence-corrected chi connectivity index (χ4v) is 10.4. The lowest BCUT2D eigenvalue weighted by Crippen LogP contribution is -2.65. The molecule has 1 amide bonds. The largest absolute Gasteiger partial charge is 0.394 e. The predicted molar refractivity (Wildman–Crippen MR) is 289 cm³/mol. The predicted octanol–water partition coefficient (Wildman–Crippen LogP) is 8.06. The van der Waals surface area contributed by atoms with Crippen LogP contribution in [0.1, 0.15) is 258 Å². The van der Waals surface area contributed by atoms with Crippen molar-refractivity contribution in [3.63, 3.8) is 0 Å². The zero-order valence-electron chi connectivity index (χ0n) is 46.6. The number of carbonyl (C=O) groups is 1. The van der Waals surface area contributed by atoms with Crippen LogP contribution in [0.15, 0.2) is 0 Å². The first-order valence-corrected chi connectivity index (χ1v) is 30.5. The zero-order valence-corrected chi connectivity index (χ0v) is 46.6. The molecule has 0 spiro atoms. The van der Waals surface area contributed by atoms with Crippen molar-refractivity contribution in [2.45, 2.75) is 344 Å². The Balaban J connectivity index is 1.86. The highest BCUT2D eigenvalue weighted by molar-refractivity contribution is 5.80. The van der Waals surface area contributed by atoms with Gasteiger partial charge >= 0.3 is 0 Å². The molecule has 0 radical (unpaired) electrons. The molecule has 2 saturated heterocycles. The fraction of sp³-hybridized carbons (Fsp3) is 0.983. The van der Waals surface area contributed by atoms with E-state index in [1.165, 1.54) is 167 Å². The van der Waals surface area contributed by atoms with Gasteiger partial charge in [-0.2, -0.15) is 0 Å². The van der Waals surface area contributed by atoms with E-state index in [2.05, 4.69) is 19.2 Å². The molecule has 16 heteroatoms. The van der Waals surface area contributed by atoms with Crippen LogP contribution in [0.2, 0.25) is 0 Å². The molecular formula is C58H113NO15. The summed E-state index contributed by atoms with van der Waals surface area (Å²) in [5, 5.41) is 109. The minimum Gasteiger partial charge on any atom is -0.394 e. The maximum Gasteiger partial charge on any atom is 0.249 e. The summed E-state index contributed by atoms with van der Waals surface area (Å²) in [6, 6.07) is -1.31. The number of aliphatic hydroxyl groups is 10. The van der Waals surface area contributed by atoms with E-state index in [0.717, 1.165) is 51.4 Å². The molecule has 2 aliphatic heterocycles. The first kappa shape index (κ1) is 69.0. The number of ether oxygens (including phenoxy) is 4. The van der Waals surface area contributed by atoms with Crippen molar-refractivity contribution < 1.29 is 74.8 Å². The Kier molecular flexibility index (Phi) is 41.7. The molecule has 16 nitrogen and oxygen atoms in total. The summed E-state index contributed by atoms with van der Waals surface area (Å²) in [6.45, 7) is 2.44. The van der Waals surface area contributed by atoms with Gasteiger partial charge in [-0.3, -0.25) is 4.79 Å². The van der Waals surface area contributed by atoms with E-state index in [9.17, 15) is 55.9 Å². The third kappa shape index (κ3) is 29.8. The lowest BCUT2D eigenvalue weighted by molar-refractivity contribution is -0.368. The van der Waals surface area contributed by atoms with Gasteiger partial charge in [0.05, 0.1) is 32.0 Å². The Morgan fingerprint density at radius 3 is 1.16 bits per heavy atom. The van der Waals surface area contributed by atoms with E-state index in [4.69, 9.17) is 18.9 Å². The summed E-state index contributed by atoms with van der Waals surface area (Å²) in [5.41, 5.74) is 0. The summed E-state index contributed by atoms with van der Waals surface area (Å²) in [4.78, 5) is 13.5. The second kappa shape index (κ2) is 44.7. The van der Waals surface area contributed by atoms with Crippen LogP contribution >= 0.6 is 0 Å². The lowest BCUT2D eigenvalue weighted by Gasteiger charge is -2.46. The van der Waals surface area contributed by atoms with Gasteiger partial charge in [-0.15, -0.1) is 0 Å². The van der Waals surface area contributed by atoms with Crippen LogP contribution in [-0.2, 0) is 23.7 Å². The van der Waals surface area contributed by atoms with Gasteiger partial charge in [0.2, 0.25) is 5.91 Å². The SMILES string of the molecule is CCCCCCCCCCCCCCCCCCCCCCC[C@@H](O)C(=O)N[C@@H](CO[C@H]1O[C@H](CO)[C@H](O)[C@H](O)[C@H]1O[C@H]1O[C@H](CO)[C@@H](O)[C@H](O)[C@H]1O)[C@H](O)[C@H](O)CCCCCCCCCCCCCCCCC. The summed E-state index contributed by atoms with van der Waals surface area (Å²) in [7, 11) is 0. The van der Waals surface area contributed by atoms with Crippen molar-refractivity contribution in [1.82, 2.24) is 5.32 Å². The van der Waals surface area contributed by atoms with Gasteiger partial charge in [0, 0.05) is 0 Å². The number of aliphatic hydroxyl groups excluding tert-OH is 10. The molecule has 2 fully saturated rings. The molecule has 0 aromatic heterocycles. The average molecular weight is 1060 g/mol. The Hall–Kier alpha value is -1.09. The van der Waals surface area contributed by atoms with Gasteiger partial charge in [-0.05, 0) is 12.8 Å². The van der Waals surface area contributed by atoms with Crippen molar-refractivity contribution in [2.24, 2.45) is 0 Å². The topological polar surface area (TPSA) is 268 Å². The van der Waals surface area contributed by atoms with Gasteiger partial charge in [0.15, 0.2) is 12.6 Å². The summed E-state index contributed by atoms with van der Waals surface area (Å²) < 4.78 is 23.0. The number of hydrogen-bond donors (Lipinski definition) is 11. The highest BCUT2D eigenvalue weighted by Crippen LogP contribution is 2.30. The molecule has 0 unspecified atom stereocenters. The molecule has 0 saturated carbocycles. The van der Waals surface area contributed by atoms with Crippen LogP contribution in [0.3, 0.4) is 0 Å². The van der Waals surface area contributed by atoms with Gasteiger partial charge in [0.1, 0.15) is 61.0 Å². The molecule has 440 valence electrons. The average Bonchev–Trinajstić information content (AvgIpc) is 3.40. The van der Waals surface area contributed by atoms with E-state index in [1.54, 1.807) is 0 Å². The van der Waals surface area contributed by atoms with Gasteiger partial charge in [-0.1, -0.05) is 245 Å². The molecule has 2 aliphatic rings. The smallest absolute Gasteiger partial charge is 0.249 e. The number of nitrogens with one attached hydrogen (secondary N) is 1. The van der Waals surface area contributed by atoms with Crippen molar-refractivity contribution in [3.8, 4) is 0 Å². The number of rotatable bonds is 49. The molecule has 14 atom stereocenters. The fourth-order valence-electron chi connectivity index (χ4n) is 10.4. The van der Waals surface area contributed by atoms with Crippen molar-refractivity contribution in [3.05, 3.63) is 0 Å². The molecule has 2 rings (SSSR count). The summed E-state index contributed by atoms with van der Waals surface area (Å²) in [6.07, 6.45) is 23.4. The lowest BCUT2D eigenvalue weighted by atomic mass is 9.97. The van der Waals surface area contributed by atoms with Gasteiger partial charge in [-0.25, -0.2) is 0 Å². The number of hydrogen-bond acceptors (Lipinski definition) is 15. The number of amides is 1. The second-order valence-corrected chi connectivity index (χ2v) is 22.1. The van der Waals surface area contributed by atoms with Gasteiger partial charge < -0.3 is 75.3 Å². The molecule has 0 aromatic rings. The maximum absolute atomic E-state index is 13.5. The Labute approximate surface area is 448 Å². The number of unbranched alkanes of at least 4 members (excludes halogenated alkanes) is 34. The quantitative estimate of drug-likeness (QED) is 0.0257. The maximum atomic E-state index is 13.5. The Morgan fingerprint density at radius 2 is 0.784 bits per heavy atom. The van der Waals surface area contributed by atoms with E-state index in [0.29, 0.717) is 12.8 Å². The number of carbonyl (C=O) groups excluding carboxylic acids is 1. The minimum atomic E-state index is -1.87. The van der Waals surface area contributed by atoms with Crippen LogP contribution in [0.4, 0.5) is 0 Å². The molecule has 11 N–H and O–H groups in total. The first-order valence-electron chi connectivity index (χ1n) is 30.5. The highest BCUT2D eigenvalue weighted by Gasteiger charge is 2.51. The van der Waals surface area contributed by atoms with Crippen molar-refractivity contribution in [2.75, 3.05) is 19.8 Å². The van der Waals surface area contributed by atoms with Crippen LogP contribution in [0.25, 0.3) is 0 Å². The minimum absolute atomic E-state index is 0.194. The van der Waals surface area contributed by atoms with Crippen LogP contribution in [-0.4, -0.2) is 163 Å².